The molecular weight excluding hydrogens is 366 g/mol. The second-order valence-electron chi connectivity index (χ2n) is 5.00. The van der Waals surface area contributed by atoms with E-state index in [1.54, 1.807) is 24.3 Å². The van der Waals surface area contributed by atoms with Crippen molar-refractivity contribution in [2.24, 2.45) is 0 Å². The van der Waals surface area contributed by atoms with Gasteiger partial charge in [0, 0.05) is 16.4 Å². The predicted octanol–water partition coefficient (Wildman–Crippen LogP) is 4.92. The van der Waals surface area contributed by atoms with Crippen molar-refractivity contribution in [3.8, 4) is 0 Å². The second-order valence-corrected chi connectivity index (χ2v) is 5.85. The Balaban J connectivity index is 1.67. The van der Waals surface area contributed by atoms with Gasteiger partial charge in [-0.15, -0.1) is 0 Å². The van der Waals surface area contributed by atoms with E-state index in [-0.39, 0.29) is 10.7 Å². The first kappa shape index (κ1) is 17.1. The minimum Gasteiger partial charge on any atom is -0.339 e. The average Bonchev–Trinajstić information content (AvgIpc) is 2.61. The molecule has 0 spiro atoms. The highest BCUT2D eigenvalue weighted by atomic mass is 35.5. The first-order chi connectivity index (χ1) is 12.0. The van der Waals surface area contributed by atoms with E-state index in [2.05, 4.69) is 20.6 Å². The molecule has 1 aromatic heterocycles. The highest BCUT2D eigenvalue weighted by molar-refractivity contribution is 6.31. The van der Waals surface area contributed by atoms with Crippen molar-refractivity contribution in [2.75, 3.05) is 10.6 Å². The van der Waals surface area contributed by atoms with Crippen LogP contribution in [0.25, 0.3) is 0 Å². The van der Waals surface area contributed by atoms with Gasteiger partial charge in [-0.3, -0.25) is 4.79 Å². The molecule has 0 aliphatic carbocycles. The molecule has 2 aromatic carbocycles. The molecule has 0 aliphatic rings. The molecule has 0 atom stereocenters. The van der Waals surface area contributed by atoms with Crippen LogP contribution in [-0.4, -0.2) is 15.9 Å². The summed E-state index contributed by atoms with van der Waals surface area (Å²) in [5.74, 6) is -0.510. The van der Waals surface area contributed by atoms with E-state index in [1.165, 1.54) is 30.6 Å². The first-order valence-electron chi connectivity index (χ1n) is 7.12. The van der Waals surface area contributed by atoms with Gasteiger partial charge < -0.3 is 10.6 Å². The Morgan fingerprint density at radius 2 is 1.68 bits per heavy atom. The van der Waals surface area contributed by atoms with Crippen LogP contribution < -0.4 is 10.6 Å². The van der Waals surface area contributed by atoms with E-state index in [4.69, 9.17) is 23.2 Å². The van der Waals surface area contributed by atoms with Gasteiger partial charge in [0.05, 0.1) is 17.4 Å². The standard InChI is InChI=1S/C17H11Cl2FN4O/c18-10-1-3-11(4-2-10)24-17(25)15-8-22-16(9-21-15)23-12-5-6-14(20)13(19)7-12/h1-9H,(H,22,23)(H,24,25). The van der Waals surface area contributed by atoms with E-state index in [1.807, 2.05) is 0 Å². The molecule has 3 aromatic rings. The molecule has 0 aliphatic heterocycles. The van der Waals surface area contributed by atoms with Crippen LogP contribution in [0.5, 0.6) is 0 Å². The average molecular weight is 377 g/mol. The predicted molar refractivity (Wildman–Crippen MR) is 96.1 cm³/mol. The van der Waals surface area contributed by atoms with Crippen molar-refractivity contribution in [2.45, 2.75) is 0 Å². The lowest BCUT2D eigenvalue weighted by Crippen LogP contribution is -2.14. The largest absolute Gasteiger partial charge is 0.339 e. The number of anilines is 3. The van der Waals surface area contributed by atoms with Gasteiger partial charge in [0.25, 0.3) is 5.91 Å². The zero-order valence-electron chi connectivity index (χ0n) is 12.6. The zero-order chi connectivity index (χ0) is 17.8. The van der Waals surface area contributed by atoms with Gasteiger partial charge >= 0.3 is 0 Å². The Bertz CT molecular complexity index is 902. The van der Waals surface area contributed by atoms with Crippen LogP contribution in [0, 0.1) is 5.82 Å². The molecule has 25 heavy (non-hydrogen) atoms. The van der Waals surface area contributed by atoms with E-state index >= 15 is 0 Å². The Morgan fingerprint density at radius 3 is 2.32 bits per heavy atom. The maximum atomic E-state index is 13.1. The van der Waals surface area contributed by atoms with Gasteiger partial charge in [-0.2, -0.15) is 0 Å². The van der Waals surface area contributed by atoms with Crippen LogP contribution >= 0.6 is 23.2 Å². The van der Waals surface area contributed by atoms with Crippen molar-refractivity contribution < 1.29 is 9.18 Å². The van der Waals surface area contributed by atoms with Crippen molar-refractivity contribution >= 4 is 46.3 Å². The number of carbonyl (C=O) groups excluding carboxylic acids is 1. The summed E-state index contributed by atoms with van der Waals surface area (Å²) in [5.41, 5.74) is 1.30. The number of nitrogens with one attached hydrogen (secondary N) is 2. The molecule has 0 bridgehead atoms. The Kier molecular flexibility index (Phi) is 5.11. The Morgan fingerprint density at radius 1 is 0.960 bits per heavy atom. The van der Waals surface area contributed by atoms with Crippen molar-refractivity contribution in [3.63, 3.8) is 0 Å². The molecule has 5 nitrogen and oxygen atoms in total. The summed E-state index contributed by atoms with van der Waals surface area (Å²) in [5, 5.41) is 6.19. The lowest BCUT2D eigenvalue weighted by atomic mass is 10.3. The van der Waals surface area contributed by atoms with Gasteiger partial charge in [-0.25, -0.2) is 14.4 Å². The van der Waals surface area contributed by atoms with Crippen LogP contribution in [-0.2, 0) is 0 Å². The zero-order valence-corrected chi connectivity index (χ0v) is 14.1. The highest BCUT2D eigenvalue weighted by Gasteiger charge is 2.09. The van der Waals surface area contributed by atoms with Crippen LogP contribution in [0.3, 0.4) is 0 Å². The number of hydrogen-bond acceptors (Lipinski definition) is 4. The molecular formula is C17H11Cl2FN4O. The summed E-state index contributed by atoms with van der Waals surface area (Å²) < 4.78 is 13.1. The van der Waals surface area contributed by atoms with Crippen molar-refractivity contribution in [1.82, 2.24) is 9.97 Å². The van der Waals surface area contributed by atoms with Crippen LogP contribution in [0.1, 0.15) is 10.5 Å². The lowest BCUT2D eigenvalue weighted by molar-refractivity contribution is 0.102. The fourth-order valence-electron chi connectivity index (χ4n) is 1.96. The summed E-state index contributed by atoms with van der Waals surface area (Å²) in [6.07, 6.45) is 2.73. The van der Waals surface area contributed by atoms with Crippen LogP contribution in [0.15, 0.2) is 54.9 Å². The monoisotopic (exact) mass is 376 g/mol. The van der Waals surface area contributed by atoms with Gasteiger partial charge in [-0.05, 0) is 42.5 Å². The van der Waals surface area contributed by atoms with E-state index < -0.39 is 11.7 Å². The molecule has 0 unspecified atom stereocenters. The molecule has 0 fully saturated rings. The molecule has 3 rings (SSSR count). The van der Waals surface area contributed by atoms with Crippen LogP contribution in [0.2, 0.25) is 10.0 Å². The molecule has 0 radical (unpaired) electrons. The van der Waals surface area contributed by atoms with Gasteiger partial charge in [-0.1, -0.05) is 23.2 Å². The quantitative estimate of drug-likeness (QED) is 0.678. The number of hydrogen-bond donors (Lipinski definition) is 2. The number of halogens is 3. The topological polar surface area (TPSA) is 66.9 Å². The van der Waals surface area contributed by atoms with Crippen molar-refractivity contribution in [1.29, 1.82) is 0 Å². The fourth-order valence-corrected chi connectivity index (χ4v) is 2.27. The molecule has 0 saturated carbocycles. The third kappa shape index (κ3) is 4.43. The molecule has 8 heteroatoms. The molecule has 0 saturated heterocycles. The SMILES string of the molecule is O=C(Nc1ccc(Cl)cc1)c1cnc(Nc2ccc(F)c(Cl)c2)cn1. The minimum atomic E-state index is -0.507. The second kappa shape index (κ2) is 7.46. The Hall–Kier alpha value is -2.70. The minimum absolute atomic E-state index is 0.00285. The number of benzene rings is 2. The summed E-state index contributed by atoms with van der Waals surface area (Å²) in [6.45, 7) is 0. The Labute approximate surface area is 152 Å². The van der Waals surface area contributed by atoms with E-state index in [9.17, 15) is 9.18 Å². The third-order valence-electron chi connectivity index (χ3n) is 3.18. The number of nitrogens with zero attached hydrogens (tertiary/aromatic N) is 2. The maximum absolute atomic E-state index is 13.1. The van der Waals surface area contributed by atoms with E-state index in [0.29, 0.717) is 22.2 Å². The van der Waals surface area contributed by atoms with Gasteiger partial charge in [0.2, 0.25) is 0 Å². The van der Waals surface area contributed by atoms with Crippen molar-refractivity contribution in [3.05, 3.63) is 76.4 Å². The number of rotatable bonds is 4. The summed E-state index contributed by atoms with van der Waals surface area (Å²) in [4.78, 5) is 20.3. The van der Waals surface area contributed by atoms with Crippen LogP contribution in [0.4, 0.5) is 21.6 Å². The van der Waals surface area contributed by atoms with E-state index in [0.717, 1.165) is 0 Å². The summed E-state index contributed by atoms with van der Waals surface area (Å²) in [7, 11) is 0. The number of amides is 1. The molecule has 1 heterocycles. The third-order valence-corrected chi connectivity index (χ3v) is 3.72. The molecule has 126 valence electrons. The summed E-state index contributed by atoms with van der Waals surface area (Å²) in [6, 6.07) is 10.9. The lowest BCUT2D eigenvalue weighted by Gasteiger charge is -2.07. The maximum Gasteiger partial charge on any atom is 0.275 e. The fraction of sp³-hybridized carbons (Fsp3) is 0. The van der Waals surface area contributed by atoms with Gasteiger partial charge in [0.15, 0.2) is 0 Å². The number of aromatic nitrogens is 2. The first-order valence-corrected chi connectivity index (χ1v) is 7.88. The number of carbonyl (C=O) groups is 1. The normalized spacial score (nSPS) is 10.4. The molecule has 1 amide bonds. The highest BCUT2D eigenvalue weighted by Crippen LogP contribution is 2.21. The summed E-state index contributed by atoms with van der Waals surface area (Å²) >= 11 is 11.5. The van der Waals surface area contributed by atoms with Gasteiger partial charge in [0.1, 0.15) is 17.3 Å². The molecule has 2 N–H and O–H groups in total. The smallest absolute Gasteiger partial charge is 0.275 e.